The molecule has 0 radical (unpaired) electrons. The summed E-state index contributed by atoms with van der Waals surface area (Å²) in [4.78, 5) is 78.2. The smallest absolute Gasteiger partial charge is 0.312 e. The number of nitrogens with one attached hydrogen (secondary N) is 4. The minimum atomic E-state index is -0.893. The van der Waals surface area contributed by atoms with Gasteiger partial charge in [-0.2, -0.15) is 12.6 Å². The summed E-state index contributed by atoms with van der Waals surface area (Å²) in [7, 11) is 0. The molecule has 16 nitrogen and oxygen atoms in total. The van der Waals surface area contributed by atoms with E-state index in [1.54, 1.807) is 63.8 Å². The molecule has 1 aliphatic heterocycles. The third-order valence-corrected chi connectivity index (χ3v) is 11.2. The van der Waals surface area contributed by atoms with Crippen LogP contribution in [0.15, 0.2) is 72.8 Å². The van der Waals surface area contributed by atoms with Crippen molar-refractivity contribution in [1.82, 2.24) is 16.0 Å². The first-order valence-electron chi connectivity index (χ1n) is 22.5. The van der Waals surface area contributed by atoms with E-state index in [1.807, 2.05) is 48.5 Å². The number of anilines is 2. The number of fused-ring (bicyclic) bond motifs is 2. The molecule has 0 aliphatic carbocycles. The lowest BCUT2D eigenvalue weighted by Gasteiger charge is -2.26. The molecule has 67 heavy (non-hydrogen) atoms. The Hall–Kier alpha value is -5.77. The number of amides is 5. The van der Waals surface area contributed by atoms with E-state index in [0.717, 1.165) is 27.9 Å². The molecule has 3 aromatic carbocycles. The van der Waals surface area contributed by atoms with E-state index >= 15 is 0 Å². The largest absolute Gasteiger partial charge is 0.460 e. The van der Waals surface area contributed by atoms with Crippen molar-refractivity contribution in [3.05, 3.63) is 95.1 Å². The summed E-state index contributed by atoms with van der Waals surface area (Å²) in [6.45, 7) is 11.5. The van der Waals surface area contributed by atoms with Crippen LogP contribution in [0.4, 0.5) is 11.4 Å². The molecule has 0 saturated heterocycles. The van der Waals surface area contributed by atoms with Crippen LogP contribution in [0, 0.1) is 23.2 Å². The molecule has 17 heteroatoms. The van der Waals surface area contributed by atoms with Gasteiger partial charge in [0.2, 0.25) is 29.5 Å². The molecule has 1 aliphatic rings. The maximum Gasteiger partial charge on any atom is 0.312 e. The van der Waals surface area contributed by atoms with Crippen LogP contribution in [-0.2, 0) is 65.6 Å². The third-order valence-electron chi connectivity index (χ3n) is 10.5. The van der Waals surface area contributed by atoms with Gasteiger partial charge in [0, 0.05) is 48.4 Å². The van der Waals surface area contributed by atoms with E-state index < -0.39 is 29.3 Å². The van der Waals surface area contributed by atoms with Crippen LogP contribution < -0.4 is 26.2 Å². The number of ether oxygens (including phenoxy) is 5. The van der Waals surface area contributed by atoms with Gasteiger partial charge in [-0.3, -0.25) is 28.8 Å². The lowest BCUT2D eigenvalue weighted by atomic mass is 9.97. The number of thiol groups is 1. The monoisotopic (exact) mass is 943 g/mol. The molecule has 4 rings (SSSR count). The van der Waals surface area contributed by atoms with Crippen molar-refractivity contribution in [1.29, 1.82) is 0 Å². The normalized spacial score (nSPS) is 12.8. The van der Waals surface area contributed by atoms with E-state index in [4.69, 9.17) is 23.7 Å². The molecule has 1 unspecified atom stereocenters. The first-order valence-corrected chi connectivity index (χ1v) is 23.2. The molecule has 362 valence electrons. The van der Waals surface area contributed by atoms with Gasteiger partial charge in [0.1, 0.15) is 18.7 Å². The van der Waals surface area contributed by atoms with E-state index in [0.29, 0.717) is 51.0 Å². The second kappa shape index (κ2) is 28.4. The summed E-state index contributed by atoms with van der Waals surface area (Å²) in [5, 5.41) is 11.0. The Balaban J connectivity index is 0.978. The van der Waals surface area contributed by atoms with Crippen LogP contribution in [0.5, 0.6) is 0 Å². The van der Waals surface area contributed by atoms with E-state index in [1.165, 1.54) is 0 Å². The first kappa shape index (κ1) is 53.8. The minimum absolute atomic E-state index is 0.0273. The summed E-state index contributed by atoms with van der Waals surface area (Å²) >= 11 is 4.19. The van der Waals surface area contributed by atoms with Crippen LogP contribution in [0.25, 0.3) is 0 Å². The molecule has 0 saturated carbocycles. The van der Waals surface area contributed by atoms with Crippen LogP contribution in [0.1, 0.15) is 76.1 Å². The van der Waals surface area contributed by atoms with Gasteiger partial charge in [-0.1, -0.05) is 68.2 Å². The predicted molar refractivity (Wildman–Crippen MR) is 257 cm³/mol. The van der Waals surface area contributed by atoms with Crippen molar-refractivity contribution in [2.75, 3.05) is 75.4 Å². The van der Waals surface area contributed by atoms with E-state index in [9.17, 15) is 28.8 Å². The number of hydrogen-bond acceptors (Lipinski definition) is 12. The summed E-state index contributed by atoms with van der Waals surface area (Å²) < 4.78 is 27.4. The van der Waals surface area contributed by atoms with Gasteiger partial charge in [0.05, 0.1) is 70.5 Å². The van der Waals surface area contributed by atoms with Crippen molar-refractivity contribution in [3.8, 4) is 11.8 Å². The van der Waals surface area contributed by atoms with Crippen molar-refractivity contribution in [3.63, 3.8) is 0 Å². The lowest BCUT2D eigenvalue weighted by Crippen LogP contribution is -2.53. The fraction of sp³-hybridized carbons (Fsp3) is 0.480. The molecule has 0 spiro atoms. The highest BCUT2D eigenvalue weighted by Crippen LogP contribution is 2.26. The van der Waals surface area contributed by atoms with Gasteiger partial charge >= 0.3 is 5.97 Å². The molecule has 1 heterocycles. The van der Waals surface area contributed by atoms with Crippen LogP contribution in [-0.4, -0.2) is 113 Å². The second-order valence-corrected chi connectivity index (χ2v) is 17.1. The predicted octanol–water partition coefficient (Wildman–Crippen LogP) is 4.57. The summed E-state index contributed by atoms with van der Waals surface area (Å²) in [6.07, 6.45) is 0.321. The van der Waals surface area contributed by atoms with Gasteiger partial charge < -0.3 is 49.9 Å². The average molecular weight is 944 g/mol. The topological polar surface area (TPSA) is 200 Å². The number of carbonyl (C=O) groups is 6. The Kier molecular flexibility index (Phi) is 22.8. The second-order valence-electron chi connectivity index (χ2n) is 16.8. The molecule has 2 atom stereocenters. The Morgan fingerprint density at radius 1 is 0.687 bits per heavy atom. The molecule has 5 amide bonds. The quantitative estimate of drug-likeness (QED) is 0.0296. The van der Waals surface area contributed by atoms with E-state index in [2.05, 4.69) is 45.7 Å². The van der Waals surface area contributed by atoms with Gasteiger partial charge in [0.15, 0.2) is 0 Å². The number of carbonyl (C=O) groups excluding carboxylic acids is 6. The Labute approximate surface area is 399 Å². The molecule has 4 N–H and O–H groups in total. The standard InChI is InChI=1S/C50H65N5O11S/c1-35(2)46(48(60)52-36(3)47(59)53-41-18-14-37(15-19-41)33-66-49(61)50(4,5)34-67)54-44(57)22-25-63-27-29-65-31-30-64-28-26-62-24-21-43(56)51-23-20-45(58)55-32-40-12-7-6-10-38(40)16-17-39-11-8-9-13-42(39)55/h6-15,18-19,35-36,46,67H,20-34H2,1-5H3,(H,51,56)(H,52,60)(H,53,59)(H,54,57)/t36-,46?/m0/s1. The molecule has 3 aromatic rings. The van der Waals surface area contributed by atoms with Crippen LogP contribution in [0.3, 0.4) is 0 Å². The van der Waals surface area contributed by atoms with Crippen LogP contribution in [0.2, 0.25) is 0 Å². The zero-order chi connectivity index (χ0) is 48.6. The fourth-order valence-corrected chi connectivity index (χ4v) is 6.45. The lowest BCUT2D eigenvalue weighted by molar-refractivity contribution is -0.154. The van der Waals surface area contributed by atoms with E-state index in [-0.39, 0.29) is 81.8 Å². The Bertz CT molecular complexity index is 2170. The Morgan fingerprint density at radius 3 is 1.88 bits per heavy atom. The number of rotatable bonds is 28. The zero-order valence-corrected chi connectivity index (χ0v) is 40.0. The average Bonchev–Trinajstić information content (AvgIpc) is 3.30. The number of para-hydroxylation sites is 1. The highest BCUT2D eigenvalue weighted by atomic mass is 32.1. The molecule has 0 aromatic heterocycles. The summed E-state index contributed by atoms with van der Waals surface area (Å²) in [5.41, 5.74) is 3.93. The number of benzene rings is 3. The maximum absolute atomic E-state index is 13.3. The SMILES string of the molecule is CC(C)C(NC(=O)CCOCCOCCOCCOCCC(=O)NCCC(=O)N1Cc2ccccc2C#Cc2ccccc21)C(=O)N[C@@H](C)C(=O)Nc1ccc(COC(=O)C(C)(C)CS)cc1. The first-order chi connectivity index (χ1) is 32.2. The molecular weight excluding hydrogens is 879 g/mol. The van der Waals surface area contributed by atoms with Crippen LogP contribution >= 0.6 is 12.6 Å². The number of nitrogens with zero attached hydrogens (tertiary/aromatic N) is 1. The third kappa shape index (κ3) is 18.8. The fourth-order valence-electron chi connectivity index (χ4n) is 6.32. The van der Waals surface area contributed by atoms with Gasteiger partial charge in [-0.05, 0) is 68.1 Å². The van der Waals surface area contributed by atoms with Crippen molar-refractivity contribution < 1.29 is 52.5 Å². The Morgan fingerprint density at radius 2 is 1.25 bits per heavy atom. The highest BCUT2D eigenvalue weighted by molar-refractivity contribution is 7.80. The van der Waals surface area contributed by atoms with Gasteiger partial charge in [-0.15, -0.1) is 0 Å². The highest BCUT2D eigenvalue weighted by Gasteiger charge is 2.29. The van der Waals surface area contributed by atoms with Crippen molar-refractivity contribution in [2.45, 2.75) is 79.1 Å². The van der Waals surface area contributed by atoms with Gasteiger partial charge in [0.25, 0.3) is 0 Å². The zero-order valence-electron chi connectivity index (χ0n) is 39.2. The molecular formula is C50H65N5O11S. The minimum Gasteiger partial charge on any atom is -0.460 e. The maximum atomic E-state index is 13.3. The summed E-state index contributed by atoms with van der Waals surface area (Å²) in [5.74, 6) is 4.52. The van der Waals surface area contributed by atoms with Gasteiger partial charge in [-0.25, -0.2) is 0 Å². The van der Waals surface area contributed by atoms with Crippen molar-refractivity contribution in [2.24, 2.45) is 11.3 Å². The molecule has 0 fully saturated rings. The summed E-state index contributed by atoms with van der Waals surface area (Å²) in [6, 6.07) is 20.4. The number of esters is 1. The van der Waals surface area contributed by atoms with Crippen molar-refractivity contribution >= 4 is 59.5 Å². The molecule has 0 bridgehead atoms. The number of hydrogen-bond donors (Lipinski definition) is 5.